The van der Waals surface area contributed by atoms with E-state index in [1.807, 2.05) is 66.7 Å². The highest BCUT2D eigenvalue weighted by atomic mass is 16.7. The minimum atomic E-state index is -0.855. The van der Waals surface area contributed by atoms with E-state index in [9.17, 15) is 9.59 Å². The predicted molar refractivity (Wildman–Crippen MR) is 235 cm³/mol. The number of esters is 1. The minimum absolute atomic E-state index is 0.327. The molecule has 8 heteroatoms. The van der Waals surface area contributed by atoms with Crippen molar-refractivity contribution in [2.45, 2.75) is 40.0 Å². The lowest BCUT2D eigenvalue weighted by atomic mass is 9.78. The largest absolute Gasteiger partial charge is 0.519 e. The number of nitrogens with zero attached hydrogens (tertiary/aromatic N) is 2. The first-order valence-electron chi connectivity index (χ1n) is 19.3. The van der Waals surface area contributed by atoms with E-state index in [-0.39, 0.29) is 11.4 Å². The summed E-state index contributed by atoms with van der Waals surface area (Å²) in [5.41, 5.74) is 9.49. The lowest BCUT2D eigenvalue weighted by Crippen LogP contribution is -2.19. The second-order valence-corrected chi connectivity index (χ2v) is 14.8. The maximum absolute atomic E-state index is 13.2. The number of carbonyl (C=O) groups excluding carboxylic acids is 2. The topological polar surface area (TPSA) is 77.5 Å². The Bertz CT molecular complexity index is 2550. The Balaban J connectivity index is 1.14. The summed E-state index contributed by atoms with van der Waals surface area (Å²) in [5.74, 6) is 1.57. The molecule has 7 aromatic carbocycles. The zero-order valence-electron chi connectivity index (χ0n) is 34.0. The maximum atomic E-state index is 13.2. The van der Waals surface area contributed by atoms with Crippen LogP contribution in [0.4, 0.5) is 38.9 Å². The number of hydrogen-bond donors (Lipinski definition) is 0. The van der Waals surface area contributed by atoms with Gasteiger partial charge in [0.2, 0.25) is 0 Å². The van der Waals surface area contributed by atoms with Crippen molar-refractivity contribution >= 4 is 46.2 Å². The van der Waals surface area contributed by atoms with E-state index in [1.165, 1.54) is 12.5 Å². The van der Waals surface area contributed by atoms with Crippen LogP contribution in [0.25, 0.3) is 0 Å². The molecule has 0 bridgehead atoms. The number of rotatable bonds is 12. The monoisotopic (exact) mass is 782 g/mol. The van der Waals surface area contributed by atoms with Gasteiger partial charge >= 0.3 is 12.1 Å². The van der Waals surface area contributed by atoms with E-state index in [0.29, 0.717) is 17.2 Å². The van der Waals surface area contributed by atoms with Crippen LogP contribution in [0.1, 0.15) is 43.0 Å². The Morgan fingerprint density at radius 1 is 0.441 bits per heavy atom. The predicted octanol–water partition coefficient (Wildman–Crippen LogP) is 13.1. The third kappa shape index (κ3) is 9.46. The van der Waals surface area contributed by atoms with Crippen molar-refractivity contribution in [3.63, 3.8) is 0 Å². The Hall–Kier alpha value is -7.32. The summed E-state index contributed by atoms with van der Waals surface area (Å²) in [4.78, 5) is 28.9. The molecule has 0 saturated carbocycles. The van der Waals surface area contributed by atoms with Crippen LogP contribution >= 0.6 is 0 Å². The van der Waals surface area contributed by atoms with E-state index in [1.54, 1.807) is 37.4 Å². The summed E-state index contributed by atoms with van der Waals surface area (Å²) < 4.78 is 22.2. The van der Waals surface area contributed by atoms with Crippen molar-refractivity contribution in [2.24, 2.45) is 0 Å². The second kappa shape index (κ2) is 17.4. The van der Waals surface area contributed by atoms with E-state index in [2.05, 4.69) is 110 Å². The molecule has 0 saturated heterocycles. The molecule has 0 aliphatic carbocycles. The fraction of sp³-hybridized carbons (Fsp3) is 0.137. The van der Waals surface area contributed by atoms with Crippen molar-refractivity contribution in [2.75, 3.05) is 16.9 Å². The van der Waals surface area contributed by atoms with Gasteiger partial charge in [-0.15, -0.1) is 0 Å². The molecule has 0 aliphatic heterocycles. The molecule has 0 heterocycles. The van der Waals surface area contributed by atoms with Crippen LogP contribution < -0.4 is 28.7 Å². The Morgan fingerprint density at radius 2 is 0.831 bits per heavy atom. The lowest BCUT2D eigenvalue weighted by Gasteiger charge is -2.29. The molecule has 8 nitrogen and oxygen atoms in total. The molecular formula is C51H46N2O6. The van der Waals surface area contributed by atoms with Crippen molar-refractivity contribution in [3.8, 4) is 23.0 Å². The number of ether oxygens (including phenoxy) is 4. The molecule has 0 atom stereocenters. The molecule has 0 spiro atoms. The summed E-state index contributed by atoms with van der Waals surface area (Å²) in [6.07, 6.45) is -0.855. The molecule has 0 unspecified atom stereocenters. The number of carbonyl (C=O) groups is 2. The van der Waals surface area contributed by atoms with Crippen LogP contribution in [0.3, 0.4) is 0 Å². The zero-order valence-corrected chi connectivity index (χ0v) is 34.0. The molecule has 296 valence electrons. The fourth-order valence-electron chi connectivity index (χ4n) is 6.91. The third-order valence-corrected chi connectivity index (χ3v) is 10.1. The standard InChI is InChI=1S/C51H46N2O6/c1-35-16-24-40(25-17-35)52(44-12-8-14-48(33-44)56-6)42-10-7-11-43(32-42)53(41-26-18-36(2)19-27-41)45-13-9-15-49(34-45)59-50(55)58-47-30-22-39(23-31-47)51(4,5)38-20-28-46(29-21-38)57-37(3)54/h7-34H,1-6H3. The van der Waals surface area contributed by atoms with Crippen molar-refractivity contribution in [1.82, 2.24) is 0 Å². The molecule has 0 N–H and O–H groups in total. The average Bonchev–Trinajstić information content (AvgIpc) is 3.23. The van der Waals surface area contributed by atoms with Crippen molar-refractivity contribution in [1.29, 1.82) is 0 Å². The van der Waals surface area contributed by atoms with Crippen LogP contribution in [0, 0.1) is 13.8 Å². The number of anilines is 6. The summed E-state index contributed by atoms with van der Waals surface area (Å²) >= 11 is 0. The van der Waals surface area contributed by atoms with Crippen LogP contribution in [-0.4, -0.2) is 19.2 Å². The quantitative estimate of drug-likeness (QED) is 0.0689. The van der Waals surface area contributed by atoms with Gasteiger partial charge in [-0.1, -0.05) is 91.7 Å². The van der Waals surface area contributed by atoms with Crippen LogP contribution in [0.2, 0.25) is 0 Å². The lowest BCUT2D eigenvalue weighted by molar-refractivity contribution is -0.131. The maximum Gasteiger partial charge on any atom is 0.519 e. The first kappa shape index (κ1) is 39.9. The molecule has 0 radical (unpaired) electrons. The van der Waals surface area contributed by atoms with Gasteiger partial charge < -0.3 is 28.7 Å². The minimum Gasteiger partial charge on any atom is -0.497 e. The molecule has 0 amide bonds. The molecule has 7 rings (SSSR count). The van der Waals surface area contributed by atoms with Gasteiger partial charge in [0.05, 0.1) is 7.11 Å². The number of aryl methyl sites for hydroxylation is 2. The number of benzene rings is 7. The van der Waals surface area contributed by atoms with Crippen molar-refractivity contribution < 1.29 is 28.5 Å². The molecule has 59 heavy (non-hydrogen) atoms. The highest BCUT2D eigenvalue weighted by Gasteiger charge is 2.24. The summed E-state index contributed by atoms with van der Waals surface area (Å²) in [5, 5.41) is 0. The average molecular weight is 783 g/mol. The zero-order chi connectivity index (χ0) is 41.5. The highest BCUT2D eigenvalue weighted by molar-refractivity contribution is 5.84. The van der Waals surface area contributed by atoms with E-state index in [4.69, 9.17) is 18.9 Å². The van der Waals surface area contributed by atoms with Gasteiger partial charge in [0.25, 0.3) is 0 Å². The van der Waals surface area contributed by atoms with E-state index >= 15 is 0 Å². The van der Waals surface area contributed by atoms with Gasteiger partial charge in [-0.05, 0) is 116 Å². The van der Waals surface area contributed by atoms with Gasteiger partial charge in [0, 0.05) is 58.6 Å². The Kier molecular flexibility index (Phi) is 11.8. The fourth-order valence-corrected chi connectivity index (χ4v) is 6.91. The number of methoxy groups -OCH3 is 1. The normalized spacial score (nSPS) is 11.0. The third-order valence-electron chi connectivity index (χ3n) is 10.1. The summed E-state index contributed by atoms with van der Waals surface area (Å²) in [6, 6.07) is 55.3. The van der Waals surface area contributed by atoms with Crippen LogP contribution in [-0.2, 0) is 10.2 Å². The highest BCUT2D eigenvalue weighted by Crippen LogP contribution is 2.42. The first-order chi connectivity index (χ1) is 28.5. The van der Waals surface area contributed by atoms with Gasteiger partial charge in [-0.2, -0.15) is 0 Å². The van der Waals surface area contributed by atoms with E-state index in [0.717, 1.165) is 56.6 Å². The van der Waals surface area contributed by atoms with Gasteiger partial charge in [-0.3, -0.25) is 4.79 Å². The molecule has 0 fully saturated rings. The van der Waals surface area contributed by atoms with Crippen LogP contribution in [0.5, 0.6) is 23.0 Å². The van der Waals surface area contributed by atoms with Crippen molar-refractivity contribution in [3.05, 3.63) is 192 Å². The summed E-state index contributed by atoms with van der Waals surface area (Å²) in [7, 11) is 1.67. The smallest absolute Gasteiger partial charge is 0.497 e. The van der Waals surface area contributed by atoms with Gasteiger partial charge in [0.1, 0.15) is 23.0 Å². The summed E-state index contributed by atoms with van der Waals surface area (Å²) in [6.45, 7) is 9.71. The second-order valence-electron chi connectivity index (χ2n) is 14.8. The first-order valence-corrected chi connectivity index (χ1v) is 19.3. The Morgan fingerprint density at radius 3 is 1.29 bits per heavy atom. The Labute approximate surface area is 345 Å². The molecule has 0 aromatic heterocycles. The van der Waals surface area contributed by atoms with Gasteiger partial charge in [0.15, 0.2) is 0 Å². The molecular weight excluding hydrogens is 737 g/mol. The molecule has 0 aliphatic rings. The molecule has 7 aromatic rings. The van der Waals surface area contributed by atoms with Gasteiger partial charge in [-0.25, -0.2) is 4.79 Å². The SMILES string of the molecule is COc1cccc(N(c2ccc(C)cc2)c2cccc(N(c3ccc(C)cc3)c3cccc(OC(=O)Oc4ccc(C(C)(C)c5ccc(OC(C)=O)cc5)cc4)c3)c2)c1. The number of hydrogen-bond acceptors (Lipinski definition) is 8. The van der Waals surface area contributed by atoms with E-state index < -0.39 is 6.16 Å². The van der Waals surface area contributed by atoms with Crippen LogP contribution in [0.15, 0.2) is 170 Å².